The van der Waals surface area contributed by atoms with Crippen LogP contribution >= 0.6 is 0 Å². The van der Waals surface area contributed by atoms with Gasteiger partial charge in [0.05, 0.1) is 39.8 Å². The SMILES string of the molecule is CNC(=O)c1cc(NC(=O)c2ccc3nc(-c4nc(NC(=O)c5cc(NC(=O)[C@H](N)CCNC(=O)c6cc(NC(=O)c7cc(NC(=O)c8nc(NC(=O)c9nccn9C)cn8C)cn7C)cn6C)cn5C)cn4C)[nH]c3c2)cn1C. The van der Waals surface area contributed by atoms with Gasteiger partial charge in [-0.3, -0.25) is 38.4 Å². The topological polar surface area (TPSA) is 361 Å². The van der Waals surface area contributed by atoms with Crippen molar-refractivity contribution in [2.75, 3.05) is 45.5 Å². The summed E-state index contributed by atoms with van der Waals surface area (Å²) >= 11 is 0. The number of carbonyl (C=O) groups is 8. The van der Waals surface area contributed by atoms with Crippen LogP contribution in [0.15, 0.2) is 92.0 Å². The van der Waals surface area contributed by atoms with Crippen molar-refractivity contribution in [3.63, 3.8) is 0 Å². The number of hydrogen-bond donors (Lipinski definition) is 10. The van der Waals surface area contributed by atoms with Crippen molar-refractivity contribution in [3.05, 3.63) is 132 Å². The van der Waals surface area contributed by atoms with E-state index in [-0.39, 0.29) is 59.2 Å². The summed E-state index contributed by atoms with van der Waals surface area (Å²) in [5, 5.41) is 21.7. The number of aromatic nitrogens is 12. The number of imidazole rings is 4. The van der Waals surface area contributed by atoms with Gasteiger partial charge in [-0.1, -0.05) is 0 Å². The summed E-state index contributed by atoms with van der Waals surface area (Å²) in [5.74, 6) is -2.58. The molecule has 80 heavy (non-hydrogen) atoms. The van der Waals surface area contributed by atoms with Crippen molar-refractivity contribution < 1.29 is 38.4 Å². The molecule has 8 amide bonds. The second kappa shape index (κ2) is 22.0. The number of fused-ring (bicyclic) bond motifs is 1. The molecule has 0 aliphatic rings. The van der Waals surface area contributed by atoms with Crippen LogP contribution in [0.2, 0.25) is 0 Å². The number of hydrogen-bond acceptors (Lipinski definition) is 13. The average Bonchev–Trinajstić information content (AvgIpc) is 4.33. The molecule has 0 bridgehead atoms. The third kappa shape index (κ3) is 11.5. The van der Waals surface area contributed by atoms with E-state index < -0.39 is 47.4 Å². The number of nitrogens with zero attached hydrogens (tertiary/aromatic N) is 11. The number of benzene rings is 1. The lowest BCUT2D eigenvalue weighted by Gasteiger charge is -2.12. The second-order valence-electron chi connectivity index (χ2n) is 18.7. The van der Waals surface area contributed by atoms with Crippen molar-refractivity contribution in [3.8, 4) is 11.6 Å². The third-order valence-corrected chi connectivity index (χ3v) is 12.7. The normalized spacial score (nSPS) is 11.5. The van der Waals surface area contributed by atoms with E-state index >= 15 is 0 Å². The van der Waals surface area contributed by atoms with Gasteiger partial charge in [0.15, 0.2) is 29.1 Å². The molecule has 0 aliphatic heterocycles. The molecular formula is C51H55N21O8. The van der Waals surface area contributed by atoms with Gasteiger partial charge in [-0.2, -0.15) is 0 Å². The highest BCUT2D eigenvalue weighted by atomic mass is 16.2. The highest BCUT2D eigenvalue weighted by Gasteiger charge is 2.24. The first-order valence-electron chi connectivity index (χ1n) is 24.5. The van der Waals surface area contributed by atoms with Gasteiger partial charge in [-0.15, -0.1) is 0 Å². The van der Waals surface area contributed by atoms with Crippen molar-refractivity contribution in [1.29, 1.82) is 0 Å². The minimum atomic E-state index is -1.05. The van der Waals surface area contributed by atoms with E-state index in [4.69, 9.17) is 5.73 Å². The Bertz CT molecular complexity index is 3950. The standard InChI is InChI=1S/C51H55N21O8/c1-53-46(75)34-16-27(20-67(34)3)56-44(73)26-9-10-32-33(15-26)61-40(60-32)41-62-38(24-71(41)7)64-49(78)37-18-28(21-70(37)6)57-45(74)31(52)11-12-55-47(76)35-17-29(22-68(35)4)58-48(77)36-19-30(23-69(36)5)59-51(80)43-63-39(25-72(43)8)65-50(79)42-54-13-14-66(42)2/h9-10,13-25,31H,11-12,52H2,1-8H3,(H,53,75)(H,55,76)(H,56,73)(H,57,74)(H,58,77)(H,59,80)(H,60,61)(H,64,78)(H,65,79)/t31-/m1/s1. The molecule has 0 saturated carbocycles. The van der Waals surface area contributed by atoms with Crippen LogP contribution < -0.4 is 48.3 Å². The van der Waals surface area contributed by atoms with E-state index in [2.05, 4.69) is 67.5 Å². The Kier molecular flexibility index (Phi) is 14.9. The molecule has 0 radical (unpaired) electrons. The molecule has 412 valence electrons. The highest BCUT2D eigenvalue weighted by molar-refractivity contribution is 6.09. The summed E-state index contributed by atoms with van der Waals surface area (Å²) in [6.07, 6.45) is 12.5. The van der Waals surface area contributed by atoms with E-state index in [0.29, 0.717) is 56.7 Å². The first-order valence-corrected chi connectivity index (χ1v) is 24.5. The smallest absolute Gasteiger partial charge is 0.292 e. The van der Waals surface area contributed by atoms with Gasteiger partial charge in [-0.05, 0) is 48.9 Å². The lowest BCUT2D eigenvalue weighted by atomic mass is 10.2. The molecule has 8 aromatic heterocycles. The van der Waals surface area contributed by atoms with Gasteiger partial charge in [-0.25, -0.2) is 19.9 Å². The molecular weight excluding hydrogens is 1030 g/mol. The lowest BCUT2D eigenvalue weighted by molar-refractivity contribution is -0.117. The van der Waals surface area contributed by atoms with Gasteiger partial charge in [0.2, 0.25) is 11.7 Å². The lowest BCUT2D eigenvalue weighted by Crippen LogP contribution is -2.39. The number of nitrogens with one attached hydrogen (secondary N) is 9. The molecule has 0 spiro atoms. The first-order chi connectivity index (χ1) is 38.1. The van der Waals surface area contributed by atoms with Crippen LogP contribution in [0.1, 0.15) is 80.0 Å². The zero-order valence-electron chi connectivity index (χ0n) is 44.4. The molecule has 1 aromatic carbocycles. The van der Waals surface area contributed by atoms with Gasteiger partial charge < -0.3 is 85.2 Å². The molecule has 0 aliphatic carbocycles. The molecule has 0 fully saturated rings. The molecule has 29 nitrogen and oxygen atoms in total. The molecule has 9 aromatic rings. The minimum Gasteiger partial charge on any atom is -0.354 e. The number of carbonyl (C=O) groups excluding carboxylic acids is 8. The predicted molar refractivity (Wildman–Crippen MR) is 293 cm³/mol. The monoisotopic (exact) mass is 1090 g/mol. The number of aryl methyl sites for hydroxylation is 7. The summed E-state index contributed by atoms with van der Waals surface area (Å²) in [6.45, 7) is 0.0238. The number of amides is 8. The largest absolute Gasteiger partial charge is 0.354 e. The number of rotatable bonds is 18. The zero-order chi connectivity index (χ0) is 57.3. The maximum absolute atomic E-state index is 13.5. The molecule has 0 unspecified atom stereocenters. The molecule has 11 N–H and O–H groups in total. The van der Waals surface area contributed by atoms with Gasteiger partial charge >= 0.3 is 0 Å². The molecule has 9 rings (SSSR count). The summed E-state index contributed by atoms with van der Waals surface area (Å²) in [4.78, 5) is 125. The van der Waals surface area contributed by atoms with E-state index in [1.807, 2.05) is 0 Å². The zero-order valence-corrected chi connectivity index (χ0v) is 44.4. The van der Waals surface area contributed by atoms with Crippen LogP contribution in [0.25, 0.3) is 22.7 Å². The van der Waals surface area contributed by atoms with E-state index in [0.717, 1.165) is 0 Å². The van der Waals surface area contributed by atoms with Crippen LogP contribution in [-0.2, 0) is 54.1 Å². The van der Waals surface area contributed by atoms with Gasteiger partial charge in [0.25, 0.3) is 41.4 Å². The number of anilines is 6. The Morgan fingerprint density at radius 2 is 1.04 bits per heavy atom. The van der Waals surface area contributed by atoms with E-state index in [1.54, 1.807) is 124 Å². The van der Waals surface area contributed by atoms with E-state index in [1.165, 1.54) is 55.9 Å². The minimum absolute atomic E-state index is 0.00409. The fourth-order valence-electron chi connectivity index (χ4n) is 8.62. The number of nitrogens with two attached hydrogens (primary N) is 1. The first kappa shape index (κ1) is 54.0. The summed E-state index contributed by atoms with van der Waals surface area (Å²) in [5.41, 5.74) is 10.0. The Morgan fingerprint density at radius 1 is 0.525 bits per heavy atom. The summed E-state index contributed by atoms with van der Waals surface area (Å²) in [7, 11) is 13.1. The van der Waals surface area contributed by atoms with Crippen LogP contribution in [0.3, 0.4) is 0 Å². The van der Waals surface area contributed by atoms with Gasteiger partial charge in [0, 0.05) is 118 Å². The highest BCUT2D eigenvalue weighted by Crippen LogP contribution is 2.25. The van der Waals surface area contributed by atoms with Crippen molar-refractivity contribution in [2.45, 2.75) is 12.5 Å². The van der Waals surface area contributed by atoms with Crippen LogP contribution in [0.4, 0.5) is 34.4 Å². The van der Waals surface area contributed by atoms with Crippen LogP contribution in [0, 0.1) is 0 Å². The third-order valence-electron chi connectivity index (χ3n) is 12.7. The second-order valence-corrected chi connectivity index (χ2v) is 18.7. The Hall–Kier alpha value is -10.8. The average molecular weight is 1090 g/mol. The van der Waals surface area contributed by atoms with Crippen LogP contribution in [-0.4, -0.2) is 124 Å². The summed E-state index contributed by atoms with van der Waals surface area (Å²) < 4.78 is 10.8. The van der Waals surface area contributed by atoms with Crippen molar-refractivity contribution in [2.24, 2.45) is 55.1 Å². The number of H-pyrrole nitrogens is 1. The Labute approximate surface area is 453 Å². The fourth-order valence-corrected chi connectivity index (χ4v) is 8.62. The Morgan fingerprint density at radius 3 is 1.64 bits per heavy atom. The maximum atomic E-state index is 13.5. The molecule has 1 atom stereocenters. The van der Waals surface area contributed by atoms with Crippen LogP contribution in [0.5, 0.6) is 0 Å². The molecule has 0 saturated heterocycles. The fraction of sp³-hybridized carbons (Fsp3) is 0.216. The van der Waals surface area contributed by atoms with Crippen molar-refractivity contribution >= 4 is 92.7 Å². The molecule has 8 heterocycles. The quantitative estimate of drug-likeness (QED) is 0.0591. The molecule has 29 heteroatoms. The van der Waals surface area contributed by atoms with Gasteiger partial charge in [0.1, 0.15) is 22.8 Å². The Balaban J connectivity index is 0.731. The van der Waals surface area contributed by atoms with Crippen molar-refractivity contribution in [1.82, 2.24) is 67.5 Å². The summed E-state index contributed by atoms with van der Waals surface area (Å²) in [6, 6.07) is 9.92. The number of aromatic amines is 1. The van der Waals surface area contributed by atoms with E-state index in [9.17, 15) is 38.4 Å². The predicted octanol–water partition coefficient (Wildman–Crippen LogP) is 2.49. The maximum Gasteiger partial charge on any atom is 0.292 e.